The van der Waals surface area contributed by atoms with Crippen molar-refractivity contribution >= 4 is 30.6 Å². The number of nitrogens with zero attached hydrogens (tertiary/aromatic N) is 1. The number of halogens is 2. The molecule has 0 unspecified atom stereocenters. The molecule has 0 aliphatic heterocycles. The van der Waals surface area contributed by atoms with Crippen molar-refractivity contribution < 1.29 is 0 Å². The molecule has 0 saturated carbocycles. The highest BCUT2D eigenvalue weighted by Crippen LogP contribution is 2.08. The first-order valence-corrected chi connectivity index (χ1v) is 4.65. The van der Waals surface area contributed by atoms with Gasteiger partial charge in [0.25, 0.3) is 0 Å². The van der Waals surface area contributed by atoms with Crippen molar-refractivity contribution in [1.29, 1.82) is 0 Å². The van der Waals surface area contributed by atoms with Crippen LogP contribution in [0, 0.1) is 6.92 Å². The van der Waals surface area contributed by atoms with E-state index < -0.39 is 0 Å². The van der Waals surface area contributed by atoms with Gasteiger partial charge in [-0.2, -0.15) is 0 Å². The molecule has 0 aliphatic rings. The van der Waals surface area contributed by atoms with E-state index in [9.17, 15) is 0 Å². The van der Waals surface area contributed by atoms with Crippen LogP contribution in [0.1, 0.15) is 24.1 Å². The Morgan fingerprint density at radius 2 is 1.87 bits per heavy atom. The highest BCUT2D eigenvalue weighted by Gasteiger charge is 1.97. The van der Waals surface area contributed by atoms with Crippen LogP contribution >= 0.6 is 24.8 Å². The maximum absolute atomic E-state index is 5.63. The van der Waals surface area contributed by atoms with Gasteiger partial charge < -0.3 is 11.5 Å². The van der Waals surface area contributed by atoms with Crippen LogP contribution in [0.4, 0.5) is 5.82 Å². The minimum atomic E-state index is 0. The lowest BCUT2D eigenvalue weighted by atomic mass is 10.1. The fraction of sp³-hybridized carbons (Fsp3) is 0.500. The summed E-state index contributed by atoms with van der Waals surface area (Å²) in [6.07, 6.45) is 3.12. The molecule has 4 N–H and O–H groups in total. The first-order chi connectivity index (χ1) is 6.22. The normalized spacial score (nSPS) is 8.93. The van der Waals surface area contributed by atoms with E-state index in [1.807, 2.05) is 13.0 Å². The van der Waals surface area contributed by atoms with Gasteiger partial charge in [-0.25, -0.2) is 4.98 Å². The largest absolute Gasteiger partial charge is 0.384 e. The molecule has 0 aliphatic carbocycles. The third-order valence-corrected chi connectivity index (χ3v) is 1.93. The number of hydrogen-bond donors (Lipinski definition) is 2. The number of anilines is 1. The predicted molar refractivity (Wildman–Crippen MR) is 69.9 cm³/mol. The van der Waals surface area contributed by atoms with Crippen molar-refractivity contribution in [2.24, 2.45) is 5.73 Å². The van der Waals surface area contributed by atoms with Crippen LogP contribution in [0.2, 0.25) is 0 Å². The second-order valence-electron chi connectivity index (χ2n) is 3.31. The second-order valence-corrected chi connectivity index (χ2v) is 3.31. The fourth-order valence-corrected chi connectivity index (χ4v) is 1.35. The zero-order valence-electron chi connectivity index (χ0n) is 8.90. The summed E-state index contributed by atoms with van der Waals surface area (Å²) in [6.45, 7) is 2.78. The summed E-state index contributed by atoms with van der Waals surface area (Å²) in [6, 6.07) is 3.96. The van der Waals surface area contributed by atoms with Crippen molar-refractivity contribution in [3.05, 3.63) is 23.4 Å². The Morgan fingerprint density at radius 3 is 2.40 bits per heavy atom. The van der Waals surface area contributed by atoms with E-state index in [2.05, 4.69) is 11.1 Å². The van der Waals surface area contributed by atoms with Crippen LogP contribution in [0.3, 0.4) is 0 Å². The number of nitrogens with two attached hydrogens (primary N) is 2. The molecule has 0 saturated heterocycles. The summed E-state index contributed by atoms with van der Waals surface area (Å²) < 4.78 is 0. The molecule has 0 amide bonds. The Bertz CT molecular complexity index is 259. The number of pyridine rings is 1. The maximum atomic E-state index is 5.63. The molecule has 0 aromatic carbocycles. The molecule has 0 radical (unpaired) electrons. The number of aryl methyl sites for hydroxylation is 2. The molecular formula is C10H19Cl2N3. The molecule has 1 rings (SSSR count). The van der Waals surface area contributed by atoms with Crippen molar-refractivity contribution in [3.63, 3.8) is 0 Å². The van der Waals surface area contributed by atoms with E-state index in [4.69, 9.17) is 11.5 Å². The summed E-state index contributed by atoms with van der Waals surface area (Å²) >= 11 is 0. The Hall–Kier alpha value is -0.510. The first kappa shape index (κ1) is 16.9. The summed E-state index contributed by atoms with van der Waals surface area (Å²) in [5, 5.41) is 0. The van der Waals surface area contributed by atoms with Gasteiger partial charge in [0.1, 0.15) is 5.82 Å². The molecule has 1 aromatic rings. The lowest BCUT2D eigenvalue weighted by Crippen LogP contribution is -2.01. The first-order valence-electron chi connectivity index (χ1n) is 4.65. The average molecular weight is 252 g/mol. The predicted octanol–water partition coefficient (Wildman–Crippen LogP) is 2.10. The number of unbranched alkanes of at least 4 members (excludes halogenated alkanes) is 1. The zero-order chi connectivity index (χ0) is 9.68. The van der Waals surface area contributed by atoms with E-state index in [1.165, 1.54) is 5.56 Å². The second kappa shape index (κ2) is 8.77. The molecule has 88 valence electrons. The van der Waals surface area contributed by atoms with Crippen molar-refractivity contribution in [3.8, 4) is 0 Å². The van der Waals surface area contributed by atoms with Crippen LogP contribution in [0.25, 0.3) is 0 Å². The highest BCUT2D eigenvalue weighted by atomic mass is 35.5. The van der Waals surface area contributed by atoms with E-state index in [1.54, 1.807) is 0 Å². The molecule has 0 fully saturated rings. The maximum Gasteiger partial charge on any atom is 0.123 e. The topological polar surface area (TPSA) is 64.9 Å². The van der Waals surface area contributed by atoms with Gasteiger partial charge in [0.05, 0.1) is 0 Å². The third kappa shape index (κ3) is 6.55. The highest BCUT2D eigenvalue weighted by molar-refractivity contribution is 5.85. The summed E-state index contributed by atoms with van der Waals surface area (Å²) in [5.41, 5.74) is 13.3. The minimum Gasteiger partial charge on any atom is -0.384 e. The minimum absolute atomic E-state index is 0. The standard InChI is InChI=1S/C10H17N3.2ClH/c1-8-6-9(4-2-3-5-11)13-10(12)7-8;;/h6-7H,2-5,11H2,1H3,(H2,12,13);2*1H. The zero-order valence-corrected chi connectivity index (χ0v) is 10.5. The van der Waals surface area contributed by atoms with E-state index >= 15 is 0 Å². The van der Waals surface area contributed by atoms with Gasteiger partial charge in [-0.05, 0) is 50.4 Å². The summed E-state index contributed by atoms with van der Waals surface area (Å²) in [4.78, 5) is 4.24. The van der Waals surface area contributed by atoms with Crippen LogP contribution < -0.4 is 11.5 Å². The average Bonchev–Trinajstić information content (AvgIpc) is 2.03. The van der Waals surface area contributed by atoms with Gasteiger partial charge in [-0.3, -0.25) is 0 Å². The van der Waals surface area contributed by atoms with Crippen molar-refractivity contribution in [1.82, 2.24) is 4.98 Å². The summed E-state index contributed by atoms with van der Waals surface area (Å²) in [7, 11) is 0. The Labute approximate surface area is 103 Å². The Balaban J connectivity index is 0. The van der Waals surface area contributed by atoms with Crippen LogP contribution in [0.5, 0.6) is 0 Å². The van der Waals surface area contributed by atoms with E-state index in [-0.39, 0.29) is 24.8 Å². The third-order valence-electron chi connectivity index (χ3n) is 1.93. The quantitative estimate of drug-likeness (QED) is 0.806. The van der Waals surface area contributed by atoms with Crippen LogP contribution in [-0.2, 0) is 6.42 Å². The number of nitrogen functional groups attached to an aromatic ring is 1. The smallest absolute Gasteiger partial charge is 0.123 e. The van der Waals surface area contributed by atoms with Crippen LogP contribution in [-0.4, -0.2) is 11.5 Å². The summed E-state index contributed by atoms with van der Waals surface area (Å²) in [5.74, 6) is 0.614. The fourth-order valence-electron chi connectivity index (χ4n) is 1.35. The molecule has 0 bridgehead atoms. The van der Waals surface area contributed by atoms with Crippen molar-refractivity contribution in [2.75, 3.05) is 12.3 Å². The molecule has 15 heavy (non-hydrogen) atoms. The van der Waals surface area contributed by atoms with Gasteiger partial charge in [0.15, 0.2) is 0 Å². The molecule has 1 aromatic heterocycles. The van der Waals surface area contributed by atoms with E-state index in [0.717, 1.165) is 31.5 Å². The lowest BCUT2D eigenvalue weighted by molar-refractivity contribution is 0.733. The Morgan fingerprint density at radius 1 is 1.20 bits per heavy atom. The number of aromatic nitrogens is 1. The lowest BCUT2D eigenvalue weighted by Gasteiger charge is -2.02. The Kier molecular flexibility index (Phi) is 9.88. The number of hydrogen-bond acceptors (Lipinski definition) is 3. The SMILES string of the molecule is Cc1cc(N)nc(CCCCN)c1.Cl.Cl. The molecular weight excluding hydrogens is 233 g/mol. The van der Waals surface area contributed by atoms with Gasteiger partial charge in [-0.15, -0.1) is 24.8 Å². The van der Waals surface area contributed by atoms with Gasteiger partial charge >= 0.3 is 0 Å². The molecule has 3 nitrogen and oxygen atoms in total. The monoisotopic (exact) mass is 251 g/mol. The molecule has 0 spiro atoms. The molecule has 1 heterocycles. The molecule has 0 atom stereocenters. The van der Waals surface area contributed by atoms with E-state index in [0.29, 0.717) is 5.82 Å². The van der Waals surface area contributed by atoms with Gasteiger partial charge in [-0.1, -0.05) is 0 Å². The number of rotatable bonds is 4. The van der Waals surface area contributed by atoms with Crippen molar-refractivity contribution in [2.45, 2.75) is 26.2 Å². The molecule has 5 heteroatoms. The van der Waals surface area contributed by atoms with Crippen LogP contribution in [0.15, 0.2) is 12.1 Å². The van der Waals surface area contributed by atoms with Gasteiger partial charge in [0.2, 0.25) is 0 Å². The van der Waals surface area contributed by atoms with Gasteiger partial charge in [0, 0.05) is 5.69 Å².